The van der Waals surface area contributed by atoms with Crippen LogP contribution in [0.4, 0.5) is 0 Å². The molecule has 12 aromatic rings. The Morgan fingerprint density at radius 3 is 1.53 bits per heavy atom. The van der Waals surface area contributed by atoms with Gasteiger partial charge in [0.2, 0.25) is 0 Å². The number of aromatic nitrogens is 5. The largest absolute Gasteiger partial charge is 0.309 e. The highest BCUT2D eigenvalue weighted by atomic mass is 15.0. The van der Waals surface area contributed by atoms with E-state index in [0.717, 1.165) is 49.7 Å². The molecule has 9 aromatic carbocycles. The molecule has 0 fully saturated rings. The molecule has 0 saturated carbocycles. The Morgan fingerprint density at radius 1 is 0.276 bits per heavy atom. The zero-order valence-electron chi connectivity index (χ0n) is 31.3. The Hall–Kier alpha value is -7.89. The maximum Gasteiger partial charge on any atom is 0.164 e. The first-order valence-corrected chi connectivity index (χ1v) is 19.6. The van der Waals surface area contributed by atoms with E-state index in [9.17, 15) is 0 Å². The second-order valence-corrected chi connectivity index (χ2v) is 14.9. The lowest BCUT2D eigenvalue weighted by atomic mass is 10.0. The number of nitrogens with zero attached hydrogens (tertiary/aromatic N) is 5. The van der Waals surface area contributed by atoms with Gasteiger partial charge < -0.3 is 9.13 Å². The van der Waals surface area contributed by atoms with Gasteiger partial charge in [-0.3, -0.25) is 0 Å². The lowest BCUT2D eigenvalue weighted by Crippen LogP contribution is -2.00. The van der Waals surface area contributed by atoms with Crippen molar-refractivity contribution in [3.05, 3.63) is 200 Å². The molecule has 0 N–H and O–H groups in total. The van der Waals surface area contributed by atoms with E-state index in [0.29, 0.717) is 17.5 Å². The monoisotopic (exact) mass is 739 g/mol. The third-order valence-electron chi connectivity index (χ3n) is 11.5. The molecule has 12 rings (SSSR count). The fourth-order valence-corrected chi connectivity index (χ4v) is 8.83. The van der Waals surface area contributed by atoms with E-state index in [4.69, 9.17) is 15.0 Å². The minimum Gasteiger partial charge on any atom is -0.309 e. The minimum atomic E-state index is 0.636. The first kappa shape index (κ1) is 32.4. The highest BCUT2D eigenvalue weighted by Gasteiger charge is 2.20. The lowest BCUT2D eigenvalue weighted by molar-refractivity contribution is 1.07. The summed E-state index contributed by atoms with van der Waals surface area (Å²) < 4.78 is 4.83. The van der Waals surface area contributed by atoms with Gasteiger partial charge in [-0.05, 0) is 70.8 Å². The SMILES string of the molecule is c1ccc(-c2nc(-c3ccc4ccccc4c3)nc(-c3ccc4c(-n5c6ccccc6c6cc7c8ccccc8n(-c8ccccc8)c7cc65)cccc4c3)n2)cc1. The van der Waals surface area contributed by atoms with E-state index in [1.165, 1.54) is 43.5 Å². The second-order valence-electron chi connectivity index (χ2n) is 14.9. The van der Waals surface area contributed by atoms with Crippen molar-refractivity contribution in [3.63, 3.8) is 0 Å². The van der Waals surface area contributed by atoms with Crippen LogP contribution in [0.2, 0.25) is 0 Å². The maximum atomic E-state index is 5.12. The molecule has 58 heavy (non-hydrogen) atoms. The summed E-state index contributed by atoms with van der Waals surface area (Å²) in [6.45, 7) is 0. The average molecular weight is 740 g/mol. The summed E-state index contributed by atoms with van der Waals surface area (Å²) >= 11 is 0. The predicted octanol–water partition coefficient (Wildman–Crippen LogP) is 13.4. The third-order valence-corrected chi connectivity index (χ3v) is 11.5. The maximum absolute atomic E-state index is 5.12. The summed E-state index contributed by atoms with van der Waals surface area (Å²) in [6.07, 6.45) is 0. The summed E-state index contributed by atoms with van der Waals surface area (Å²) in [6, 6.07) is 71.0. The van der Waals surface area contributed by atoms with Gasteiger partial charge in [-0.15, -0.1) is 0 Å². The van der Waals surface area contributed by atoms with Crippen LogP contribution in [0.5, 0.6) is 0 Å². The van der Waals surface area contributed by atoms with Gasteiger partial charge in [-0.1, -0.05) is 146 Å². The standard InChI is InChI=1S/C53H33N5/c1-3-15-35(16-4-1)51-54-52(38-27-26-34-14-7-8-17-36(34)30-38)56-53(55-51)39-28-29-41-37(31-39)18-13-25-46(41)58-48-24-12-10-22-43(48)45-32-44-42-21-9-11-23-47(42)57(49(44)33-50(45)58)40-19-5-2-6-20-40/h1-33H. The Labute approximate surface area is 333 Å². The first-order valence-electron chi connectivity index (χ1n) is 19.6. The topological polar surface area (TPSA) is 48.5 Å². The number of rotatable bonds is 5. The van der Waals surface area contributed by atoms with Crippen LogP contribution >= 0.6 is 0 Å². The summed E-state index contributed by atoms with van der Waals surface area (Å²) in [5, 5.41) is 9.52. The molecule has 0 atom stereocenters. The molecule has 5 nitrogen and oxygen atoms in total. The highest BCUT2D eigenvalue weighted by Crippen LogP contribution is 2.41. The van der Waals surface area contributed by atoms with Crippen molar-refractivity contribution in [1.29, 1.82) is 0 Å². The molecule has 0 unspecified atom stereocenters. The fraction of sp³-hybridized carbons (Fsp3) is 0. The van der Waals surface area contributed by atoms with E-state index in [2.05, 4.69) is 191 Å². The number of fused-ring (bicyclic) bond motifs is 8. The molecule has 0 spiro atoms. The summed E-state index contributed by atoms with van der Waals surface area (Å²) in [5.74, 6) is 1.93. The van der Waals surface area contributed by atoms with Crippen molar-refractivity contribution < 1.29 is 0 Å². The van der Waals surface area contributed by atoms with Crippen LogP contribution in [-0.4, -0.2) is 24.1 Å². The van der Waals surface area contributed by atoms with Crippen molar-refractivity contribution in [3.8, 4) is 45.5 Å². The molecule has 0 bridgehead atoms. The Balaban J connectivity index is 1.06. The molecule has 3 heterocycles. The van der Waals surface area contributed by atoms with Crippen LogP contribution < -0.4 is 0 Å². The van der Waals surface area contributed by atoms with Gasteiger partial charge >= 0.3 is 0 Å². The van der Waals surface area contributed by atoms with Crippen molar-refractivity contribution in [2.75, 3.05) is 0 Å². The van der Waals surface area contributed by atoms with E-state index < -0.39 is 0 Å². The van der Waals surface area contributed by atoms with Crippen LogP contribution in [-0.2, 0) is 0 Å². The van der Waals surface area contributed by atoms with Crippen molar-refractivity contribution in [1.82, 2.24) is 24.1 Å². The van der Waals surface area contributed by atoms with Gasteiger partial charge in [-0.25, -0.2) is 15.0 Å². The van der Waals surface area contributed by atoms with E-state index in [1.807, 2.05) is 18.2 Å². The van der Waals surface area contributed by atoms with Gasteiger partial charge in [0.1, 0.15) is 0 Å². The molecule has 3 aromatic heterocycles. The normalized spacial score (nSPS) is 11.8. The number of hydrogen-bond donors (Lipinski definition) is 0. The Kier molecular flexibility index (Phi) is 7.16. The van der Waals surface area contributed by atoms with Crippen LogP contribution in [0.3, 0.4) is 0 Å². The quantitative estimate of drug-likeness (QED) is 0.177. The molecule has 0 saturated heterocycles. The predicted molar refractivity (Wildman–Crippen MR) is 240 cm³/mol. The van der Waals surface area contributed by atoms with Gasteiger partial charge in [0, 0.05) is 49.3 Å². The molecular formula is C53H33N5. The highest BCUT2D eigenvalue weighted by molar-refractivity contribution is 6.19. The fourth-order valence-electron chi connectivity index (χ4n) is 8.83. The van der Waals surface area contributed by atoms with Crippen molar-refractivity contribution in [2.45, 2.75) is 0 Å². The molecular weight excluding hydrogens is 707 g/mol. The van der Waals surface area contributed by atoms with Crippen LogP contribution in [0.1, 0.15) is 0 Å². The zero-order chi connectivity index (χ0) is 38.2. The zero-order valence-corrected chi connectivity index (χ0v) is 31.3. The molecule has 0 radical (unpaired) electrons. The van der Waals surface area contributed by atoms with E-state index in [1.54, 1.807) is 0 Å². The van der Waals surface area contributed by atoms with Crippen molar-refractivity contribution in [2.24, 2.45) is 0 Å². The Morgan fingerprint density at radius 2 is 0.810 bits per heavy atom. The lowest BCUT2D eigenvalue weighted by Gasteiger charge is -2.14. The van der Waals surface area contributed by atoms with Gasteiger partial charge in [0.05, 0.1) is 27.8 Å². The smallest absolute Gasteiger partial charge is 0.164 e. The first-order chi connectivity index (χ1) is 28.7. The molecule has 0 aliphatic rings. The average Bonchev–Trinajstić information content (AvgIpc) is 3.80. The molecule has 0 aliphatic carbocycles. The summed E-state index contributed by atoms with van der Waals surface area (Å²) in [7, 11) is 0. The van der Waals surface area contributed by atoms with Crippen LogP contribution in [0.15, 0.2) is 200 Å². The van der Waals surface area contributed by atoms with E-state index in [-0.39, 0.29) is 0 Å². The summed E-state index contributed by atoms with van der Waals surface area (Å²) in [4.78, 5) is 15.2. The van der Waals surface area contributed by atoms with Gasteiger partial charge in [0.15, 0.2) is 17.5 Å². The molecule has 0 amide bonds. The van der Waals surface area contributed by atoms with Gasteiger partial charge in [-0.2, -0.15) is 0 Å². The third kappa shape index (κ3) is 5.07. The number of benzene rings is 9. The van der Waals surface area contributed by atoms with Gasteiger partial charge in [0.25, 0.3) is 0 Å². The molecule has 270 valence electrons. The minimum absolute atomic E-state index is 0.636. The van der Waals surface area contributed by atoms with Crippen molar-refractivity contribution >= 4 is 65.2 Å². The van der Waals surface area contributed by atoms with Crippen LogP contribution in [0.25, 0.3) is 111 Å². The summed E-state index contributed by atoms with van der Waals surface area (Å²) in [5.41, 5.74) is 9.80. The number of para-hydroxylation sites is 3. The molecule has 0 aliphatic heterocycles. The molecule has 5 heteroatoms. The number of hydrogen-bond acceptors (Lipinski definition) is 3. The second kappa shape index (κ2) is 12.8. The Bertz CT molecular complexity index is 3560. The van der Waals surface area contributed by atoms with Crippen LogP contribution in [0, 0.1) is 0 Å². The van der Waals surface area contributed by atoms with E-state index >= 15 is 0 Å².